The van der Waals surface area contributed by atoms with Crippen molar-refractivity contribution in [2.75, 3.05) is 11.1 Å². The van der Waals surface area contributed by atoms with Crippen LogP contribution >= 0.6 is 0 Å². The first-order valence-electron chi connectivity index (χ1n) is 6.95. The number of hydrogen-bond donors (Lipinski definition) is 3. The Bertz CT molecular complexity index is 472. The van der Waals surface area contributed by atoms with Crippen molar-refractivity contribution >= 4 is 17.3 Å². The lowest BCUT2D eigenvalue weighted by atomic mass is 9.78. The van der Waals surface area contributed by atoms with Gasteiger partial charge in [0.25, 0.3) is 5.91 Å². The molecule has 1 aliphatic carbocycles. The summed E-state index contributed by atoms with van der Waals surface area (Å²) in [6.07, 6.45) is 3.59. The van der Waals surface area contributed by atoms with Crippen LogP contribution in [0.3, 0.4) is 0 Å². The molecule has 4 nitrogen and oxygen atoms in total. The topological polar surface area (TPSA) is 81.1 Å². The van der Waals surface area contributed by atoms with Crippen LogP contribution in [0.25, 0.3) is 0 Å². The molecule has 0 bridgehead atoms. The number of para-hydroxylation sites is 1. The van der Waals surface area contributed by atoms with Crippen molar-refractivity contribution in [1.82, 2.24) is 0 Å². The number of anilines is 2. The van der Waals surface area contributed by atoms with E-state index in [4.69, 9.17) is 11.5 Å². The summed E-state index contributed by atoms with van der Waals surface area (Å²) in [6.45, 7) is 4.53. The Morgan fingerprint density at radius 2 is 2.05 bits per heavy atom. The third kappa shape index (κ3) is 2.83. The Kier molecular flexibility index (Phi) is 3.98. The second kappa shape index (κ2) is 5.51. The van der Waals surface area contributed by atoms with E-state index in [2.05, 4.69) is 19.2 Å². The third-order valence-corrected chi connectivity index (χ3v) is 4.40. The summed E-state index contributed by atoms with van der Waals surface area (Å²) in [7, 11) is 0. The van der Waals surface area contributed by atoms with Gasteiger partial charge >= 0.3 is 0 Å². The zero-order valence-electron chi connectivity index (χ0n) is 11.6. The normalized spacial score (nSPS) is 26.9. The van der Waals surface area contributed by atoms with Gasteiger partial charge in [-0.1, -0.05) is 32.8 Å². The molecule has 0 radical (unpaired) electrons. The summed E-state index contributed by atoms with van der Waals surface area (Å²) in [5.74, 6) is 0.814. The van der Waals surface area contributed by atoms with E-state index in [1.807, 2.05) is 0 Å². The van der Waals surface area contributed by atoms with Crippen molar-refractivity contribution in [1.29, 1.82) is 0 Å². The van der Waals surface area contributed by atoms with Gasteiger partial charge < -0.3 is 16.8 Å². The fraction of sp³-hybridized carbons (Fsp3) is 0.533. The predicted octanol–water partition coefficient (Wildman–Crippen LogP) is 2.60. The van der Waals surface area contributed by atoms with E-state index in [1.165, 1.54) is 12.8 Å². The molecule has 19 heavy (non-hydrogen) atoms. The maximum Gasteiger partial charge on any atom is 0.250 e. The molecule has 0 aliphatic heterocycles. The lowest BCUT2D eigenvalue weighted by Gasteiger charge is -2.35. The van der Waals surface area contributed by atoms with Gasteiger partial charge in [0.2, 0.25) is 0 Å². The minimum absolute atomic E-state index is 0.353. The van der Waals surface area contributed by atoms with Crippen molar-refractivity contribution in [2.45, 2.75) is 39.2 Å². The van der Waals surface area contributed by atoms with E-state index in [-0.39, 0.29) is 0 Å². The molecule has 1 amide bonds. The van der Waals surface area contributed by atoms with Crippen LogP contribution in [0.5, 0.6) is 0 Å². The first kappa shape index (κ1) is 13.7. The summed E-state index contributed by atoms with van der Waals surface area (Å²) >= 11 is 0. The highest BCUT2D eigenvalue weighted by Crippen LogP contribution is 2.33. The van der Waals surface area contributed by atoms with Crippen molar-refractivity contribution < 1.29 is 4.79 Å². The molecular weight excluding hydrogens is 238 g/mol. The maximum absolute atomic E-state index is 11.5. The molecule has 1 aromatic carbocycles. The SMILES string of the molecule is CC1CCCC(Nc2c(N)cccc2C(N)=O)C1C. The standard InChI is InChI=1S/C15H23N3O/c1-9-5-3-8-13(10(9)2)18-14-11(15(17)19)6-4-7-12(14)16/h4,6-7,9-10,13,18H,3,5,8,16H2,1-2H3,(H2,17,19). The number of carbonyl (C=O) groups is 1. The number of nitrogen functional groups attached to an aromatic ring is 1. The summed E-state index contributed by atoms with van der Waals surface area (Å²) in [5, 5.41) is 3.45. The van der Waals surface area contributed by atoms with Gasteiger partial charge in [0.1, 0.15) is 0 Å². The van der Waals surface area contributed by atoms with Crippen LogP contribution in [-0.2, 0) is 0 Å². The zero-order chi connectivity index (χ0) is 14.0. The monoisotopic (exact) mass is 261 g/mol. The van der Waals surface area contributed by atoms with Gasteiger partial charge in [-0.2, -0.15) is 0 Å². The Labute approximate surface area is 114 Å². The van der Waals surface area contributed by atoms with Crippen LogP contribution < -0.4 is 16.8 Å². The molecule has 5 N–H and O–H groups in total. The van der Waals surface area contributed by atoms with E-state index in [9.17, 15) is 4.79 Å². The van der Waals surface area contributed by atoms with Gasteiger partial charge in [0.05, 0.1) is 16.9 Å². The molecule has 1 saturated carbocycles. The molecule has 1 aromatic rings. The van der Waals surface area contributed by atoms with E-state index in [0.717, 1.165) is 6.42 Å². The molecule has 0 saturated heterocycles. The fourth-order valence-corrected chi connectivity index (χ4v) is 2.91. The first-order chi connectivity index (χ1) is 9.00. The molecule has 2 rings (SSSR count). The molecule has 0 spiro atoms. The van der Waals surface area contributed by atoms with Crippen LogP contribution in [0.15, 0.2) is 18.2 Å². The van der Waals surface area contributed by atoms with Crippen LogP contribution in [0.1, 0.15) is 43.5 Å². The Morgan fingerprint density at radius 1 is 1.32 bits per heavy atom. The summed E-state index contributed by atoms with van der Waals surface area (Å²) in [5.41, 5.74) is 13.2. The van der Waals surface area contributed by atoms with Gasteiger partial charge in [0.15, 0.2) is 0 Å². The number of nitrogens with two attached hydrogens (primary N) is 2. The van der Waals surface area contributed by atoms with Crippen LogP contribution in [-0.4, -0.2) is 11.9 Å². The fourth-order valence-electron chi connectivity index (χ4n) is 2.91. The quantitative estimate of drug-likeness (QED) is 0.731. The molecule has 0 heterocycles. The summed E-state index contributed by atoms with van der Waals surface area (Å²) in [4.78, 5) is 11.5. The van der Waals surface area contributed by atoms with Crippen LogP contribution in [0, 0.1) is 11.8 Å². The number of carbonyl (C=O) groups excluding carboxylic acids is 1. The third-order valence-electron chi connectivity index (χ3n) is 4.40. The van der Waals surface area contributed by atoms with Crippen molar-refractivity contribution in [2.24, 2.45) is 17.6 Å². The number of nitrogens with one attached hydrogen (secondary N) is 1. The molecule has 3 atom stereocenters. The molecule has 0 aromatic heterocycles. The second-order valence-electron chi connectivity index (χ2n) is 5.65. The lowest BCUT2D eigenvalue weighted by molar-refractivity contribution is 0.100. The summed E-state index contributed by atoms with van der Waals surface area (Å²) < 4.78 is 0. The van der Waals surface area contributed by atoms with Gasteiger partial charge in [-0.05, 0) is 30.4 Å². The van der Waals surface area contributed by atoms with E-state index in [0.29, 0.717) is 34.8 Å². The average molecular weight is 261 g/mol. The minimum atomic E-state index is -0.439. The first-order valence-corrected chi connectivity index (χ1v) is 6.95. The van der Waals surface area contributed by atoms with Crippen molar-refractivity contribution in [3.05, 3.63) is 23.8 Å². The number of amides is 1. The number of rotatable bonds is 3. The van der Waals surface area contributed by atoms with E-state index < -0.39 is 5.91 Å². The molecule has 104 valence electrons. The summed E-state index contributed by atoms with van der Waals surface area (Å²) in [6, 6.07) is 5.63. The highest BCUT2D eigenvalue weighted by molar-refractivity contribution is 6.01. The van der Waals surface area contributed by atoms with Crippen molar-refractivity contribution in [3.63, 3.8) is 0 Å². The molecule has 1 aliphatic rings. The van der Waals surface area contributed by atoms with Gasteiger partial charge in [-0.25, -0.2) is 0 Å². The minimum Gasteiger partial charge on any atom is -0.397 e. The Morgan fingerprint density at radius 3 is 2.74 bits per heavy atom. The second-order valence-corrected chi connectivity index (χ2v) is 5.65. The number of primary amides is 1. The molecule has 1 fully saturated rings. The van der Waals surface area contributed by atoms with Crippen LogP contribution in [0.4, 0.5) is 11.4 Å². The number of hydrogen-bond acceptors (Lipinski definition) is 3. The van der Waals surface area contributed by atoms with E-state index in [1.54, 1.807) is 18.2 Å². The highest BCUT2D eigenvalue weighted by Gasteiger charge is 2.28. The zero-order valence-corrected chi connectivity index (χ0v) is 11.6. The average Bonchev–Trinajstić information content (AvgIpc) is 2.36. The molecule has 3 unspecified atom stereocenters. The van der Waals surface area contributed by atoms with Gasteiger partial charge in [-0.3, -0.25) is 4.79 Å². The highest BCUT2D eigenvalue weighted by atomic mass is 16.1. The Hall–Kier alpha value is -1.71. The lowest BCUT2D eigenvalue weighted by Crippen LogP contribution is -2.36. The number of benzene rings is 1. The van der Waals surface area contributed by atoms with E-state index >= 15 is 0 Å². The van der Waals surface area contributed by atoms with Gasteiger partial charge in [0, 0.05) is 6.04 Å². The molecule has 4 heteroatoms. The van der Waals surface area contributed by atoms with Gasteiger partial charge in [-0.15, -0.1) is 0 Å². The van der Waals surface area contributed by atoms with Crippen LogP contribution in [0.2, 0.25) is 0 Å². The Balaban J connectivity index is 2.25. The van der Waals surface area contributed by atoms with Crippen molar-refractivity contribution in [3.8, 4) is 0 Å². The smallest absolute Gasteiger partial charge is 0.250 e. The predicted molar refractivity (Wildman–Crippen MR) is 79.0 cm³/mol. The maximum atomic E-state index is 11.5. The largest absolute Gasteiger partial charge is 0.397 e. The molecular formula is C15H23N3O.